The molecule has 0 unspecified atom stereocenters. The maximum absolute atomic E-state index is 11.2. The summed E-state index contributed by atoms with van der Waals surface area (Å²) in [5.41, 5.74) is 4.13. The third kappa shape index (κ3) is 1.89. The van der Waals surface area contributed by atoms with Gasteiger partial charge in [0.1, 0.15) is 0 Å². The topological polar surface area (TPSA) is 60.7 Å². The Kier molecular flexibility index (Phi) is 2.33. The summed E-state index contributed by atoms with van der Waals surface area (Å²) in [4.78, 5) is 17.3. The lowest BCUT2D eigenvalue weighted by Gasteiger charge is -2.17. The number of fused-ring (bicyclic) bond motifs is 1. The fourth-order valence-electron chi connectivity index (χ4n) is 2.04. The van der Waals surface area contributed by atoms with Crippen molar-refractivity contribution in [2.24, 2.45) is 0 Å². The highest BCUT2D eigenvalue weighted by atomic mass is 32.1. The lowest BCUT2D eigenvalue weighted by atomic mass is 9.99. The van der Waals surface area contributed by atoms with Crippen molar-refractivity contribution < 1.29 is 4.79 Å². The number of aryl methyl sites for hydroxylation is 1. The van der Waals surface area contributed by atoms with E-state index >= 15 is 0 Å². The number of rotatable bonds is 1. The first kappa shape index (κ1) is 10.3. The summed E-state index contributed by atoms with van der Waals surface area (Å²) in [6.07, 6.45) is 3.20. The predicted octanol–water partition coefficient (Wildman–Crippen LogP) is 2.62. The summed E-state index contributed by atoms with van der Waals surface area (Å²) < 4.78 is 0.617. The van der Waals surface area contributed by atoms with Crippen molar-refractivity contribution >= 4 is 23.8 Å². The Labute approximate surface area is 103 Å². The second-order valence-electron chi connectivity index (χ2n) is 4.08. The molecule has 0 spiro atoms. The molecule has 17 heavy (non-hydrogen) atoms. The summed E-state index contributed by atoms with van der Waals surface area (Å²) in [5.74, 6) is 0.0892. The second kappa shape index (κ2) is 3.85. The van der Waals surface area contributed by atoms with Gasteiger partial charge in [0.15, 0.2) is 4.77 Å². The number of aromatic amines is 2. The average molecular weight is 245 g/mol. The molecule has 3 rings (SSSR count). The minimum Gasteiger partial charge on any atom is -0.337 e. The molecule has 0 saturated heterocycles. The molecule has 0 aliphatic carbocycles. The number of imidazole rings is 1. The Morgan fingerprint density at radius 3 is 2.88 bits per heavy atom. The molecule has 5 heteroatoms. The number of carbonyl (C=O) groups is 1. The monoisotopic (exact) mass is 245 g/mol. The van der Waals surface area contributed by atoms with Gasteiger partial charge in [0.2, 0.25) is 5.91 Å². The van der Waals surface area contributed by atoms with E-state index in [1.165, 1.54) is 5.56 Å². The van der Waals surface area contributed by atoms with E-state index in [4.69, 9.17) is 12.2 Å². The second-order valence-corrected chi connectivity index (χ2v) is 4.48. The maximum Gasteiger partial charge on any atom is 0.224 e. The fraction of sp³-hybridized carbons (Fsp3) is 0.167. The highest BCUT2D eigenvalue weighted by Crippen LogP contribution is 2.27. The lowest BCUT2D eigenvalue weighted by molar-refractivity contribution is -0.116. The number of aromatic nitrogens is 2. The van der Waals surface area contributed by atoms with Crippen LogP contribution in [0.4, 0.5) is 5.69 Å². The van der Waals surface area contributed by atoms with Crippen molar-refractivity contribution in [1.29, 1.82) is 0 Å². The van der Waals surface area contributed by atoms with E-state index in [2.05, 4.69) is 21.4 Å². The summed E-state index contributed by atoms with van der Waals surface area (Å²) in [5, 5.41) is 2.87. The number of amides is 1. The minimum absolute atomic E-state index is 0.0892. The number of carbonyl (C=O) groups excluding carboxylic acids is 1. The van der Waals surface area contributed by atoms with Crippen molar-refractivity contribution in [2.45, 2.75) is 12.8 Å². The molecule has 2 heterocycles. The summed E-state index contributed by atoms with van der Waals surface area (Å²) in [7, 11) is 0. The van der Waals surface area contributed by atoms with Crippen LogP contribution in [0.25, 0.3) is 11.3 Å². The first-order chi connectivity index (χ1) is 8.22. The van der Waals surface area contributed by atoms with Crippen LogP contribution < -0.4 is 5.32 Å². The van der Waals surface area contributed by atoms with Gasteiger partial charge in [0, 0.05) is 18.3 Å². The standard InChI is InChI=1S/C12H11N3OS/c16-11-4-2-7-5-8(1-3-9(7)14-11)10-6-13-12(17)15-10/h1,3,5-6H,2,4H2,(H,14,16)(H2,13,15,17). The molecular formula is C12H11N3OS. The Bertz CT molecular complexity index is 641. The number of anilines is 1. The van der Waals surface area contributed by atoms with Gasteiger partial charge < -0.3 is 15.3 Å². The smallest absolute Gasteiger partial charge is 0.224 e. The number of hydrogen-bond donors (Lipinski definition) is 3. The predicted molar refractivity (Wildman–Crippen MR) is 68.4 cm³/mol. The van der Waals surface area contributed by atoms with Gasteiger partial charge in [-0.25, -0.2) is 0 Å². The van der Waals surface area contributed by atoms with Crippen LogP contribution in [0.3, 0.4) is 0 Å². The zero-order valence-corrected chi connectivity index (χ0v) is 9.86. The van der Waals surface area contributed by atoms with Gasteiger partial charge in [-0.1, -0.05) is 6.07 Å². The molecule has 0 fully saturated rings. The minimum atomic E-state index is 0.0892. The van der Waals surface area contributed by atoms with Crippen LogP contribution in [0.1, 0.15) is 12.0 Å². The molecule has 2 aromatic rings. The fourth-order valence-corrected chi connectivity index (χ4v) is 2.21. The Morgan fingerprint density at radius 1 is 1.24 bits per heavy atom. The molecule has 1 amide bonds. The maximum atomic E-state index is 11.2. The average Bonchev–Trinajstić information content (AvgIpc) is 2.75. The quantitative estimate of drug-likeness (QED) is 0.676. The number of H-pyrrole nitrogens is 2. The molecule has 1 aromatic carbocycles. The van der Waals surface area contributed by atoms with E-state index in [-0.39, 0.29) is 5.91 Å². The molecule has 1 aliphatic heterocycles. The largest absolute Gasteiger partial charge is 0.337 e. The van der Waals surface area contributed by atoms with Crippen LogP contribution in [0.5, 0.6) is 0 Å². The molecular weight excluding hydrogens is 234 g/mol. The molecule has 0 radical (unpaired) electrons. The SMILES string of the molecule is O=C1CCc2cc(-c3c[nH]c(=S)[nH]3)ccc2N1. The summed E-state index contributed by atoms with van der Waals surface area (Å²) in [6, 6.07) is 5.99. The van der Waals surface area contributed by atoms with Crippen LogP contribution in [-0.2, 0) is 11.2 Å². The van der Waals surface area contributed by atoms with Crippen LogP contribution in [0.15, 0.2) is 24.4 Å². The van der Waals surface area contributed by atoms with E-state index in [1.807, 2.05) is 18.3 Å². The third-order valence-electron chi connectivity index (χ3n) is 2.91. The van der Waals surface area contributed by atoms with Gasteiger partial charge in [-0.3, -0.25) is 4.79 Å². The Balaban J connectivity index is 2.04. The van der Waals surface area contributed by atoms with E-state index in [1.54, 1.807) is 0 Å². The van der Waals surface area contributed by atoms with Crippen LogP contribution in [0.2, 0.25) is 0 Å². The van der Waals surface area contributed by atoms with Gasteiger partial charge in [0.25, 0.3) is 0 Å². The number of benzene rings is 1. The Morgan fingerprint density at radius 2 is 2.12 bits per heavy atom. The third-order valence-corrected chi connectivity index (χ3v) is 3.13. The van der Waals surface area contributed by atoms with Gasteiger partial charge >= 0.3 is 0 Å². The first-order valence-electron chi connectivity index (χ1n) is 5.43. The summed E-state index contributed by atoms with van der Waals surface area (Å²) in [6.45, 7) is 0. The molecule has 4 nitrogen and oxygen atoms in total. The molecule has 86 valence electrons. The van der Waals surface area contributed by atoms with Gasteiger partial charge in [-0.15, -0.1) is 0 Å². The molecule has 1 aliphatic rings. The lowest BCUT2D eigenvalue weighted by Crippen LogP contribution is -2.18. The highest BCUT2D eigenvalue weighted by Gasteiger charge is 2.15. The van der Waals surface area contributed by atoms with Gasteiger partial charge in [0.05, 0.1) is 5.69 Å². The van der Waals surface area contributed by atoms with Gasteiger partial charge in [-0.05, 0) is 41.9 Å². The van der Waals surface area contributed by atoms with Crippen molar-refractivity contribution in [3.63, 3.8) is 0 Å². The molecule has 0 atom stereocenters. The van der Waals surface area contributed by atoms with Crippen LogP contribution in [-0.4, -0.2) is 15.9 Å². The molecule has 0 saturated carbocycles. The zero-order chi connectivity index (χ0) is 11.8. The molecule has 3 N–H and O–H groups in total. The van der Waals surface area contributed by atoms with Crippen LogP contribution >= 0.6 is 12.2 Å². The molecule has 0 bridgehead atoms. The highest BCUT2D eigenvalue weighted by molar-refractivity contribution is 7.71. The van der Waals surface area contributed by atoms with Gasteiger partial charge in [-0.2, -0.15) is 0 Å². The van der Waals surface area contributed by atoms with E-state index < -0.39 is 0 Å². The van der Waals surface area contributed by atoms with E-state index in [9.17, 15) is 4.79 Å². The van der Waals surface area contributed by atoms with Crippen LogP contribution in [0, 0.1) is 4.77 Å². The van der Waals surface area contributed by atoms with E-state index in [0.29, 0.717) is 11.2 Å². The van der Waals surface area contributed by atoms with E-state index in [0.717, 1.165) is 23.4 Å². The number of nitrogens with one attached hydrogen (secondary N) is 3. The number of hydrogen-bond acceptors (Lipinski definition) is 2. The van der Waals surface area contributed by atoms with Crippen molar-refractivity contribution in [3.05, 3.63) is 34.7 Å². The normalized spacial score (nSPS) is 14.2. The van der Waals surface area contributed by atoms with Crippen molar-refractivity contribution in [3.8, 4) is 11.3 Å². The summed E-state index contributed by atoms with van der Waals surface area (Å²) >= 11 is 5.00. The first-order valence-corrected chi connectivity index (χ1v) is 5.84. The zero-order valence-electron chi connectivity index (χ0n) is 9.04. The Hall–Kier alpha value is -1.88. The molecule has 1 aromatic heterocycles. The van der Waals surface area contributed by atoms with Crippen molar-refractivity contribution in [1.82, 2.24) is 9.97 Å². The van der Waals surface area contributed by atoms with Crippen molar-refractivity contribution in [2.75, 3.05) is 5.32 Å².